The van der Waals surface area contributed by atoms with Crippen molar-refractivity contribution in [1.29, 1.82) is 0 Å². The van der Waals surface area contributed by atoms with Gasteiger partial charge in [-0.25, -0.2) is 0 Å². The Morgan fingerprint density at radius 1 is 1.40 bits per heavy atom. The van der Waals surface area contributed by atoms with Crippen molar-refractivity contribution >= 4 is 15.9 Å². The summed E-state index contributed by atoms with van der Waals surface area (Å²) in [6.07, 6.45) is 3.86. The molecule has 1 heteroatoms. The number of alkyl halides is 1. The van der Waals surface area contributed by atoms with E-state index in [1.165, 1.54) is 0 Å². The molecule has 0 spiro atoms. The van der Waals surface area contributed by atoms with Gasteiger partial charge in [0.2, 0.25) is 0 Å². The second kappa shape index (κ2) is 4.57. The van der Waals surface area contributed by atoms with Gasteiger partial charge >= 0.3 is 0 Å². The van der Waals surface area contributed by atoms with E-state index >= 15 is 0 Å². The number of halogens is 1. The lowest BCUT2D eigenvalue weighted by Crippen LogP contribution is -1.98. The van der Waals surface area contributed by atoms with E-state index in [1.54, 1.807) is 0 Å². The minimum atomic E-state index is 0.122. The molecule has 0 aromatic heterocycles. The first-order valence-corrected chi connectivity index (χ1v) is 4.42. The number of hydrogen-bond donors (Lipinski definition) is 0. The largest absolute Gasteiger partial charge is 0.0926 e. The summed E-state index contributed by atoms with van der Waals surface area (Å²) in [6, 6.07) is 0. The van der Waals surface area contributed by atoms with E-state index in [4.69, 9.17) is 0 Å². The summed E-state index contributed by atoms with van der Waals surface area (Å²) in [7, 11) is 0. The molecule has 56 valence electrons. The zero-order valence-corrected chi connectivity index (χ0v) is 8.33. The molecule has 0 rings (SSSR count). The predicted octanol–water partition coefficient (Wildman–Crippen LogP) is 2.99. The Labute approximate surface area is 71.8 Å². The van der Waals surface area contributed by atoms with Crippen LogP contribution in [0.3, 0.4) is 0 Å². The molecule has 0 aliphatic rings. The van der Waals surface area contributed by atoms with Gasteiger partial charge in [-0.3, -0.25) is 0 Å². The third-order valence-electron chi connectivity index (χ3n) is 0.737. The number of rotatable bonds is 1. The van der Waals surface area contributed by atoms with Gasteiger partial charge in [0.1, 0.15) is 0 Å². The summed E-state index contributed by atoms with van der Waals surface area (Å²) >= 11 is 3.28. The maximum atomic E-state index is 3.28. The average Bonchev–Trinajstić information content (AvgIpc) is 1.78. The van der Waals surface area contributed by atoms with Gasteiger partial charge in [0.15, 0.2) is 0 Å². The third-order valence-corrected chi connectivity index (χ3v) is 1.11. The van der Waals surface area contributed by atoms with Gasteiger partial charge in [0.25, 0.3) is 0 Å². The zero-order chi connectivity index (χ0) is 8.04. The molecular weight excluding hydrogens is 188 g/mol. The quantitative estimate of drug-likeness (QED) is 0.452. The van der Waals surface area contributed by atoms with Crippen molar-refractivity contribution in [2.24, 2.45) is 5.41 Å². The molecule has 0 aliphatic carbocycles. The highest BCUT2D eigenvalue weighted by Crippen LogP contribution is 2.09. The Bertz CT molecular complexity index is 161. The van der Waals surface area contributed by atoms with Gasteiger partial charge in [0, 0.05) is 10.7 Å². The molecule has 0 atom stereocenters. The molecule has 0 aromatic carbocycles. The van der Waals surface area contributed by atoms with E-state index in [-0.39, 0.29) is 5.41 Å². The van der Waals surface area contributed by atoms with Crippen LogP contribution in [0, 0.1) is 17.3 Å². The van der Waals surface area contributed by atoms with E-state index in [0.717, 1.165) is 5.33 Å². The summed E-state index contributed by atoms with van der Waals surface area (Å²) in [5.41, 5.74) is 0.122. The molecule has 0 aromatic rings. The fourth-order valence-corrected chi connectivity index (χ4v) is 0.549. The maximum absolute atomic E-state index is 3.28. The van der Waals surface area contributed by atoms with Crippen LogP contribution in [-0.2, 0) is 0 Å². The summed E-state index contributed by atoms with van der Waals surface area (Å²) in [6.45, 7) is 6.30. The van der Waals surface area contributed by atoms with Gasteiger partial charge < -0.3 is 0 Å². The van der Waals surface area contributed by atoms with Crippen LogP contribution in [0.5, 0.6) is 0 Å². The smallest absolute Gasteiger partial charge is 0.0233 e. The van der Waals surface area contributed by atoms with E-state index in [1.807, 2.05) is 12.2 Å². The Morgan fingerprint density at radius 2 is 2.00 bits per heavy atom. The van der Waals surface area contributed by atoms with Crippen LogP contribution in [0.25, 0.3) is 0 Å². The maximum Gasteiger partial charge on any atom is 0.0233 e. The monoisotopic (exact) mass is 200 g/mol. The third kappa shape index (κ3) is 7.78. The van der Waals surface area contributed by atoms with Crippen molar-refractivity contribution < 1.29 is 0 Å². The van der Waals surface area contributed by atoms with Crippen molar-refractivity contribution in [3.63, 3.8) is 0 Å². The highest BCUT2D eigenvalue weighted by atomic mass is 79.9. The molecule has 0 amide bonds. The van der Waals surface area contributed by atoms with Crippen LogP contribution < -0.4 is 0 Å². The van der Waals surface area contributed by atoms with Gasteiger partial charge in [0.05, 0.1) is 0 Å². The lowest BCUT2D eigenvalue weighted by Gasteiger charge is -2.05. The molecule has 0 unspecified atom stereocenters. The molecule has 0 nitrogen and oxygen atoms in total. The van der Waals surface area contributed by atoms with E-state index < -0.39 is 0 Å². The van der Waals surface area contributed by atoms with Crippen molar-refractivity contribution in [2.45, 2.75) is 20.8 Å². The molecule has 0 saturated heterocycles. The topological polar surface area (TPSA) is 0 Å². The first-order valence-electron chi connectivity index (χ1n) is 3.30. The van der Waals surface area contributed by atoms with Gasteiger partial charge in [-0.05, 0) is 26.8 Å². The molecule has 10 heavy (non-hydrogen) atoms. The Kier molecular flexibility index (Phi) is 4.47. The minimum Gasteiger partial charge on any atom is -0.0926 e. The number of hydrogen-bond acceptors (Lipinski definition) is 0. The van der Waals surface area contributed by atoms with Crippen molar-refractivity contribution in [2.75, 3.05) is 5.33 Å². The summed E-state index contributed by atoms with van der Waals surface area (Å²) in [4.78, 5) is 0. The minimum absolute atomic E-state index is 0.122. The Morgan fingerprint density at radius 3 is 2.40 bits per heavy atom. The van der Waals surface area contributed by atoms with Crippen LogP contribution in [0.1, 0.15) is 20.8 Å². The second-order valence-electron chi connectivity index (χ2n) is 3.08. The molecular formula is C9H13Br. The van der Waals surface area contributed by atoms with Crippen molar-refractivity contribution in [1.82, 2.24) is 0 Å². The lowest BCUT2D eigenvalue weighted by atomic mass is 9.98. The molecule has 0 radical (unpaired) electrons. The summed E-state index contributed by atoms with van der Waals surface area (Å²) in [5.74, 6) is 6.06. The summed E-state index contributed by atoms with van der Waals surface area (Å²) < 4.78 is 0. The van der Waals surface area contributed by atoms with Crippen LogP contribution >= 0.6 is 15.9 Å². The van der Waals surface area contributed by atoms with Gasteiger partial charge in [-0.1, -0.05) is 33.8 Å². The normalized spacial score (nSPS) is 11.2. The first kappa shape index (κ1) is 9.78. The first-order chi connectivity index (χ1) is 4.56. The van der Waals surface area contributed by atoms with Crippen molar-refractivity contribution in [3.8, 4) is 11.8 Å². The van der Waals surface area contributed by atoms with Gasteiger partial charge in [-0.2, -0.15) is 0 Å². The van der Waals surface area contributed by atoms with Gasteiger partial charge in [-0.15, -0.1) is 0 Å². The van der Waals surface area contributed by atoms with Crippen LogP contribution in [-0.4, -0.2) is 5.33 Å². The number of allylic oxidation sites excluding steroid dienone is 2. The average molecular weight is 201 g/mol. The zero-order valence-electron chi connectivity index (χ0n) is 6.74. The molecule has 0 N–H and O–H groups in total. The lowest BCUT2D eigenvalue weighted by molar-refractivity contribution is 0.571. The standard InChI is InChI=1S/C9H13Br/c1-9(2,3)7-5-4-6-8-10/h4,6H,8H2,1-3H3. The molecule has 0 fully saturated rings. The van der Waals surface area contributed by atoms with Crippen LogP contribution in [0.4, 0.5) is 0 Å². The van der Waals surface area contributed by atoms with Crippen LogP contribution in [0.2, 0.25) is 0 Å². The van der Waals surface area contributed by atoms with E-state index in [2.05, 4.69) is 48.5 Å². The second-order valence-corrected chi connectivity index (χ2v) is 3.72. The fourth-order valence-electron chi connectivity index (χ4n) is 0.362. The molecule has 0 heterocycles. The Hall–Kier alpha value is -0.220. The van der Waals surface area contributed by atoms with Crippen LogP contribution in [0.15, 0.2) is 12.2 Å². The van der Waals surface area contributed by atoms with Crippen molar-refractivity contribution in [3.05, 3.63) is 12.2 Å². The fraction of sp³-hybridized carbons (Fsp3) is 0.556. The predicted molar refractivity (Wildman–Crippen MR) is 50.2 cm³/mol. The summed E-state index contributed by atoms with van der Waals surface area (Å²) in [5, 5.41) is 0.881. The molecule has 0 saturated carbocycles. The molecule has 0 bridgehead atoms. The van der Waals surface area contributed by atoms with E-state index in [9.17, 15) is 0 Å². The highest BCUT2D eigenvalue weighted by Gasteiger charge is 2.01. The van der Waals surface area contributed by atoms with E-state index in [0.29, 0.717) is 0 Å². The highest BCUT2D eigenvalue weighted by molar-refractivity contribution is 9.09. The Balaban J connectivity index is 3.81. The SMILES string of the molecule is CC(C)(C)C#CC=CCBr. The molecule has 0 aliphatic heterocycles.